The van der Waals surface area contributed by atoms with Gasteiger partial charge in [-0.05, 0) is 32.0 Å². The van der Waals surface area contributed by atoms with Crippen LogP contribution in [0.25, 0.3) is 11.4 Å². The fourth-order valence-corrected chi connectivity index (χ4v) is 1.89. The molecule has 2 rings (SSSR count). The van der Waals surface area contributed by atoms with Gasteiger partial charge < -0.3 is 11.1 Å². The van der Waals surface area contributed by atoms with Gasteiger partial charge in [0.15, 0.2) is 0 Å². The van der Waals surface area contributed by atoms with Gasteiger partial charge in [-0.2, -0.15) is 5.10 Å². The third-order valence-corrected chi connectivity index (χ3v) is 2.91. The minimum absolute atomic E-state index is 0.181. The number of nitrogens with two attached hydrogens (primary N) is 1. The van der Waals surface area contributed by atoms with Crippen LogP contribution < -0.4 is 11.1 Å². The molecule has 0 spiro atoms. The molecule has 0 saturated carbocycles. The van der Waals surface area contributed by atoms with Crippen molar-refractivity contribution >= 4 is 5.95 Å². The van der Waals surface area contributed by atoms with Crippen LogP contribution in [0, 0.1) is 0 Å². The van der Waals surface area contributed by atoms with Gasteiger partial charge in [0.05, 0.1) is 11.4 Å². The second-order valence-electron chi connectivity index (χ2n) is 4.40. The summed E-state index contributed by atoms with van der Waals surface area (Å²) in [6.45, 7) is 3.60. The molecule has 3 N–H and O–H groups in total. The molecule has 2 aromatic rings. The monoisotopic (exact) mass is 296 g/mol. The van der Waals surface area contributed by atoms with Crippen molar-refractivity contribution in [2.45, 2.75) is 26.3 Å². The predicted octanol–water partition coefficient (Wildman–Crippen LogP) is 2.06. The highest BCUT2D eigenvalue weighted by Crippen LogP contribution is 2.24. The molecule has 0 saturated heterocycles. The molecule has 0 amide bonds. The third-order valence-electron chi connectivity index (χ3n) is 2.91. The number of halogens is 2. The van der Waals surface area contributed by atoms with Crippen molar-refractivity contribution in [2.24, 2.45) is 5.73 Å². The highest BCUT2D eigenvalue weighted by atomic mass is 19.3. The summed E-state index contributed by atoms with van der Waals surface area (Å²) in [6, 6.07) is 3.03. The summed E-state index contributed by atoms with van der Waals surface area (Å²) in [4.78, 5) is 8.11. The molecule has 0 unspecified atom stereocenters. The van der Waals surface area contributed by atoms with E-state index in [0.717, 1.165) is 0 Å². The van der Waals surface area contributed by atoms with Gasteiger partial charge in [0, 0.05) is 19.3 Å². The van der Waals surface area contributed by atoms with Gasteiger partial charge in [0.1, 0.15) is 5.69 Å². The molecule has 2 heterocycles. The fourth-order valence-electron chi connectivity index (χ4n) is 1.89. The first kappa shape index (κ1) is 15.3. The molecule has 0 atom stereocenters. The zero-order valence-corrected chi connectivity index (χ0v) is 11.8. The largest absolute Gasteiger partial charge is 0.354 e. The van der Waals surface area contributed by atoms with Crippen LogP contribution in [0.5, 0.6) is 0 Å². The van der Waals surface area contributed by atoms with Crippen LogP contribution in [0.3, 0.4) is 0 Å². The molecule has 0 fully saturated rings. The summed E-state index contributed by atoms with van der Waals surface area (Å²) in [6.07, 6.45) is -0.325. The number of rotatable bonds is 7. The van der Waals surface area contributed by atoms with E-state index in [0.29, 0.717) is 37.4 Å². The van der Waals surface area contributed by atoms with Crippen molar-refractivity contribution in [2.75, 3.05) is 18.4 Å². The topological polar surface area (TPSA) is 81.7 Å². The normalized spacial score (nSPS) is 11.1. The summed E-state index contributed by atoms with van der Waals surface area (Å²) >= 11 is 0. The van der Waals surface area contributed by atoms with Crippen LogP contribution >= 0.6 is 0 Å². The lowest BCUT2D eigenvalue weighted by atomic mass is 10.2. The summed E-state index contributed by atoms with van der Waals surface area (Å²) in [5, 5.41) is 7.04. The average molecular weight is 296 g/mol. The Balaban J connectivity index is 2.35. The molecule has 0 aliphatic carbocycles. The molecule has 8 heteroatoms. The number of aromatic nitrogens is 4. The molecule has 6 nitrogen and oxygen atoms in total. The summed E-state index contributed by atoms with van der Waals surface area (Å²) in [5.74, 6) is 0.181. The van der Waals surface area contributed by atoms with Crippen molar-refractivity contribution in [1.29, 1.82) is 0 Å². The van der Waals surface area contributed by atoms with Crippen molar-refractivity contribution < 1.29 is 8.78 Å². The fraction of sp³-hybridized carbons (Fsp3) is 0.462. The molecule has 2 aromatic heterocycles. The molecule has 114 valence electrons. The van der Waals surface area contributed by atoms with E-state index in [4.69, 9.17) is 5.73 Å². The van der Waals surface area contributed by atoms with Crippen molar-refractivity contribution in [3.8, 4) is 11.4 Å². The van der Waals surface area contributed by atoms with Gasteiger partial charge in [0.25, 0.3) is 6.43 Å². The molecule has 21 heavy (non-hydrogen) atoms. The third kappa shape index (κ3) is 3.72. The lowest BCUT2D eigenvalue weighted by Crippen LogP contribution is -2.12. The Kier molecular flexibility index (Phi) is 5.15. The first-order valence-electron chi connectivity index (χ1n) is 6.79. The van der Waals surface area contributed by atoms with Crippen LogP contribution in [0.4, 0.5) is 14.7 Å². The van der Waals surface area contributed by atoms with Gasteiger partial charge in [-0.1, -0.05) is 0 Å². The lowest BCUT2D eigenvalue weighted by molar-refractivity contribution is 0.146. The van der Waals surface area contributed by atoms with Gasteiger partial charge in [-0.3, -0.25) is 4.68 Å². The van der Waals surface area contributed by atoms with E-state index >= 15 is 0 Å². The molecular weight excluding hydrogens is 278 g/mol. The minimum atomic E-state index is -2.65. The van der Waals surface area contributed by atoms with Crippen molar-refractivity contribution in [3.63, 3.8) is 0 Å². The van der Waals surface area contributed by atoms with Gasteiger partial charge in [-0.25, -0.2) is 18.7 Å². The van der Waals surface area contributed by atoms with Crippen LogP contribution in [0.1, 0.15) is 25.5 Å². The highest BCUT2D eigenvalue weighted by molar-refractivity contribution is 5.56. The number of alkyl halides is 2. The summed E-state index contributed by atoms with van der Waals surface area (Å²) in [7, 11) is 0. The molecular formula is C13H18F2N6. The quantitative estimate of drug-likeness (QED) is 0.764. The molecule has 0 bridgehead atoms. The number of hydrogen-bond donors (Lipinski definition) is 2. The number of anilines is 1. The SMILES string of the molecule is CCn1nccc1-c1cc(C(F)F)nc(NCCCN)n1. The standard InChI is InChI=1S/C13H18F2N6/c1-2-21-11(4-7-18-21)9-8-10(12(14)15)20-13(19-9)17-6-3-5-16/h4,7-8,12H,2-3,5-6,16H2,1H3,(H,17,19,20). The summed E-state index contributed by atoms with van der Waals surface area (Å²) < 4.78 is 27.7. The zero-order chi connectivity index (χ0) is 15.2. The van der Waals surface area contributed by atoms with E-state index in [-0.39, 0.29) is 11.6 Å². The smallest absolute Gasteiger partial charge is 0.280 e. The Morgan fingerprint density at radius 3 is 2.86 bits per heavy atom. The second kappa shape index (κ2) is 7.07. The van der Waals surface area contributed by atoms with Gasteiger partial charge in [0.2, 0.25) is 5.95 Å². The van der Waals surface area contributed by atoms with E-state index in [1.807, 2.05) is 6.92 Å². The number of nitrogens with zero attached hydrogens (tertiary/aromatic N) is 4. The average Bonchev–Trinajstić information content (AvgIpc) is 2.95. The Labute approximate surface area is 121 Å². The van der Waals surface area contributed by atoms with Crippen LogP contribution in [-0.4, -0.2) is 32.8 Å². The van der Waals surface area contributed by atoms with Crippen molar-refractivity contribution in [3.05, 3.63) is 24.0 Å². The molecule has 0 aromatic carbocycles. The second-order valence-corrected chi connectivity index (χ2v) is 4.40. The summed E-state index contributed by atoms with van der Waals surface area (Å²) in [5.41, 5.74) is 6.21. The Morgan fingerprint density at radius 1 is 1.38 bits per heavy atom. The minimum Gasteiger partial charge on any atom is -0.354 e. The predicted molar refractivity (Wildman–Crippen MR) is 76.0 cm³/mol. The first-order valence-corrected chi connectivity index (χ1v) is 6.79. The first-order chi connectivity index (χ1) is 10.2. The Hall–Kier alpha value is -2.09. The van der Waals surface area contributed by atoms with Crippen molar-refractivity contribution in [1.82, 2.24) is 19.7 Å². The maximum absolute atomic E-state index is 13.0. The lowest BCUT2D eigenvalue weighted by Gasteiger charge is -2.10. The number of aryl methyl sites for hydroxylation is 1. The van der Waals surface area contributed by atoms with E-state index in [1.54, 1.807) is 16.9 Å². The molecule has 0 aliphatic heterocycles. The molecule has 0 aliphatic rings. The Bertz CT molecular complexity index is 584. The zero-order valence-electron chi connectivity index (χ0n) is 11.8. The van der Waals surface area contributed by atoms with Gasteiger partial charge >= 0.3 is 0 Å². The van der Waals surface area contributed by atoms with E-state index in [9.17, 15) is 8.78 Å². The Morgan fingerprint density at radius 2 is 2.19 bits per heavy atom. The van der Waals surface area contributed by atoms with E-state index < -0.39 is 6.43 Å². The number of hydrogen-bond acceptors (Lipinski definition) is 5. The highest BCUT2D eigenvalue weighted by Gasteiger charge is 2.15. The van der Waals surface area contributed by atoms with Gasteiger partial charge in [-0.15, -0.1) is 0 Å². The van der Waals surface area contributed by atoms with E-state index in [1.165, 1.54) is 6.07 Å². The van der Waals surface area contributed by atoms with E-state index in [2.05, 4.69) is 20.4 Å². The number of nitrogens with one attached hydrogen (secondary N) is 1. The maximum atomic E-state index is 13.0. The van der Waals surface area contributed by atoms with Crippen LogP contribution in [-0.2, 0) is 6.54 Å². The van der Waals surface area contributed by atoms with Crippen LogP contribution in [0.2, 0.25) is 0 Å². The van der Waals surface area contributed by atoms with Crippen LogP contribution in [0.15, 0.2) is 18.3 Å². The maximum Gasteiger partial charge on any atom is 0.280 e. The molecule has 0 radical (unpaired) electrons.